The molecule has 5 heteroatoms. The van der Waals surface area contributed by atoms with Gasteiger partial charge >= 0.3 is 12.1 Å². The molecular weight excluding hydrogens is 318 g/mol. The summed E-state index contributed by atoms with van der Waals surface area (Å²) in [5.41, 5.74) is 0.0285. The standard InChI is InChI=1S/C20H19NO4/c1-19-20(12-5-4-10-15(20)17(22)24-19)21(18(23)25-19)16-11-6-8-13-7-2-3-9-14(13)16/h2-3,6-9,11,15H,4-5,10,12H2,1H3/t15-,19+,20+/m1/s1. The van der Waals surface area contributed by atoms with Gasteiger partial charge in [0.1, 0.15) is 5.54 Å². The number of fused-ring (bicyclic) bond motifs is 1. The van der Waals surface area contributed by atoms with Gasteiger partial charge in [0, 0.05) is 12.3 Å². The van der Waals surface area contributed by atoms with E-state index in [1.54, 1.807) is 11.8 Å². The number of nitrogens with zero attached hydrogens (tertiary/aromatic N) is 1. The van der Waals surface area contributed by atoms with E-state index in [9.17, 15) is 9.59 Å². The van der Waals surface area contributed by atoms with Gasteiger partial charge in [-0.2, -0.15) is 0 Å². The van der Waals surface area contributed by atoms with Crippen molar-refractivity contribution in [2.24, 2.45) is 5.92 Å². The average molecular weight is 337 g/mol. The summed E-state index contributed by atoms with van der Waals surface area (Å²) in [7, 11) is 0. The summed E-state index contributed by atoms with van der Waals surface area (Å²) in [6.07, 6.45) is 2.91. The minimum Gasteiger partial charge on any atom is -0.420 e. The first-order valence-electron chi connectivity index (χ1n) is 8.81. The number of carbonyl (C=O) groups is 2. The van der Waals surface area contributed by atoms with Crippen molar-refractivity contribution in [2.75, 3.05) is 4.90 Å². The van der Waals surface area contributed by atoms with Gasteiger partial charge in [-0.15, -0.1) is 0 Å². The second-order valence-corrected chi connectivity index (χ2v) is 7.29. The molecule has 2 aliphatic heterocycles. The number of hydrogen-bond donors (Lipinski definition) is 0. The summed E-state index contributed by atoms with van der Waals surface area (Å²) in [6, 6.07) is 13.8. The number of benzene rings is 2. The van der Waals surface area contributed by atoms with Gasteiger partial charge in [-0.25, -0.2) is 4.79 Å². The number of rotatable bonds is 1. The largest absolute Gasteiger partial charge is 0.420 e. The van der Waals surface area contributed by atoms with Gasteiger partial charge in [0.05, 0.1) is 11.6 Å². The fraction of sp³-hybridized carbons (Fsp3) is 0.400. The van der Waals surface area contributed by atoms with Crippen LogP contribution in [0.2, 0.25) is 0 Å². The summed E-state index contributed by atoms with van der Waals surface area (Å²) in [4.78, 5) is 27.1. The lowest BCUT2D eigenvalue weighted by Gasteiger charge is -2.43. The second kappa shape index (κ2) is 4.75. The Kier molecular flexibility index (Phi) is 2.80. The minimum atomic E-state index is -1.22. The van der Waals surface area contributed by atoms with Crippen LogP contribution in [0.1, 0.15) is 32.6 Å². The lowest BCUT2D eigenvalue weighted by atomic mass is 9.69. The number of anilines is 1. The maximum Gasteiger partial charge on any atom is 0.418 e. The van der Waals surface area contributed by atoms with Crippen molar-refractivity contribution >= 4 is 28.5 Å². The van der Waals surface area contributed by atoms with Crippen LogP contribution in [0.15, 0.2) is 42.5 Å². The van der Waals surface area contributed by atoms with Gasteiger partial charge in [-0.05, 0) is 24.3 Å². The maximum absolute atomic E-state index is 12.9. The van der Waals surface area contributed by atoms with Gasteiger partial charge in [-0.3, -0.25) is 9.69 Å². The van der Waals surface area contributed by atoms with Crippen LogP contribution in [0.4, 0.5) is 10.5 Å². The summed E-state index contributed by atoms with van der Waals surface area (Å²) in [5, 5.41) is 2.03. The lowest BCUT2D eigenvalue weighted by molar-refractivity contribution is -0.182. The molecule has 25 heavy (non-hydrogen) atoms. The summed E-state index contributed by atoms with van der Waals surface area (Å²) in [6.45, 7) is 1.74. The monoisotopic (exact) mass is 337 g/mol. The fourth-order valence-electron chi connectivity index (χ4n) is 5.04. The quantitative estimate of drug-likeness (QED) is 0.738. The van der Waals surface area contributed by atoms with Crippen molar-refractivity contribution in [3.8, 4) is 0 Å². The second-order valence-electron chi connectivity index (χ2n) is 7.29. The highest BCUT2D eigenvalue weighted by Gasteiger charge is 2.75. The molecule has 0 N–H and O–H groups in total. The topological polar surface area (TPSA) is 55.8 Å². The Labute approximate surface area is 145 Å². The van der Waals surface area contributed by atoms with Crippen molar-refractivity contribution in [3.63, 3.8) is 0 Å². The van der Waals surface area contributed by atoms with Crippen LogP contribution in [-0.2, 0) is 14.3 Å². The van der Waals surface area contributed by atoms with Crippen molar-refractivity contribution in [3.05, 3.63) is 42.5 Å². The molecule has 0 bridgehead atoms. The van der Waals surface area contributed by atoms with Crippen LogP contribution in [0, 0.1) is 5.92 Å². The third kappa shape index (κ3) is 1.68. The van der Waals surface area contributed by atoms with E-state index >= 15 is 0 Å². The number of ether oxygens (including phenoxy) is 2. The van der Waals surface area contributed by atoms with Crippen LogP contribution in [0.3, 0.4) is 0 Å². The first-order valence-corrected chi connectivity index (χ1v) is 8.81. The van der Waals surface area contributed by atoms with E-state index in [-0.39, 0.29) is 11.9 Å². The van der Waals surface area contributed by atoms with Crippen LogP contribution in [0.25, 0.3) is 10.8 Å². The van der Waals surface area contributed by atoms with Gasteiger partial charge in [-0.1, -0.05) is 49.2 Å². The zero-order chi connectivity index (χ0) is 17.2. The van der Waals surface area contributed by atoms with Gasteiger partial charge < -0.3 is 9.47 Å². The van der Waals surface area contributed by atoms with Gasteiger partial charge in [0.25, 0.3) is 5.79 Å². The molecule has 128 valence electrons. The first-order chi connectivity index (χ1) is 12.1. The SMILES string of the molecule is C[C@@]12OC(=O)[C@H]3CCCC[C@]31N(c1cccc3ccccc13)C(=O)O2. The van der Waals surface area contributed by atoms with Crippen molar-refractivity contribution in [1.29, 1.82) is 0 Å². The Bertz CT molecular complexity index is 904. The average Bonchev–Trinajstić information content (AvgIpc) is 2.95. The van der Waals surface area contributed by atoms with E-state index in [0.717, 1.165) is 35.7 Å². The molecule has 3 fully saturated rings. The predicted molar refractivity (Wildman–Crippen MR) is 92.1 cm³/mol. The highest BCUT2D eigenvalue weighted by atomic mass is 16.8. The van der Waals surface area contributed by atoms with E-state index in [0.29, 0.717) is 6.42 Å². The van der Waals surface area contributed by atoms with Crippen LogP contribution < -0.4 is 4.90 Å². The summed E-state index contributed by atoms with van der Waals surface area (Å²) < 4.78 is 11.3. The molecule has 2 aromatic carbocycles. The van der Waals surface area contributed by atoms with Crippen molar-refractivity contribution in [1.82, 2.24) is 0 Å². The van der Waals surface area contributed by atoms with Crippen LogP contribution in [0.5, 0.6) is 0 Å². The predicted octanol–water partition coefficient (Wildman–Crippen LogP) is 4.00. The van der Waals surface area contributed by atoms with E-state index in [2.05, 4.69) is 0 Å². The van der Waals surface area contributed by atoms with Crippen LogP contribution in [-0.4, -0.2) is 23.4 Å². The highest BCUT2D eigenvalue weighted by molar-refractivity contribution is 6.05. The number of hydrogen-bond acceptors (Lipinski definition) is 4. The molecule has 0 unspecified atom stereocenters. The normalized spacial score (nSPS) is 33.8. The molecule has 3 aliphatic rings. The molecular formula is C20H19NO4. The Morgan fingerprint density at radius 3 is 2.72 bits per heavy atom. The van der Waals surface area contributed by atoms with E-state index in [1.807, 2.05) is 42.5 Å². The van der Waals surface area contributed by atoms with E-state index < -0.39 is 17.4 Å². The van der Waals surface area contributed by atoms with Gasteiger partial charge in [0.15, 0.2) is 0 Å². The highest BCUT2D eigenvalue weighted by Crippen LogP contribution is 2.58. The molecule has 2 saturated heterocycles. The van der Waals surface area contributed by atoms with Gasteiger partial charge in [0.2, 0.25) is 0 Å². The third-order valence-corrected chi connectivity index (χ3v) is 6.11. The molecule has 0 radical (unpaired) electrons. The summed E-state index contributed by atoms with van der Waals surface area (Å²) in [5.74, 6) is -1.81. The molecule has 3 atom stereocenters. The van der Waals surface area contributed by atoms with Crippen molar-refractivity contribution < 1.29 is 19.1 Å². The molecule has 1 saturated carbocycles. The molecule has 1 spiro atoms. The molecule has 5 rings (SSSR count). The minimum absolute atomic E-state index is 0.250. The Morgan fingerprint density at radius 2 is 1.84 bits per heavy atom. The summed E-state index contributed by atoms with van der Waals surface area (Å²) >= 11 is 0. The number of amides is 1. The molecule has 1 aliphatic carbocycles. The zero-order valence-electron chi connectivity index (χ0n) is 14.0. The van der Waals surface area contributed by atoms with Crippen LogP contribution >= 0.6 is 0 Å². The molecule has 2 aromatic rings. The van der Waals surface area contributed by atoms with Crippen molar-refractivity contribution in [2.45, 2.75) is 43.9 Å². The molecule has 1 amide bonds. The first kappa shape index (κ1) is 14.8. The number of carbonyl (C=O) groups excluding carboxylic acids is 2. The smallest absolute Gasteiger partial charge is 0.418 e. The lowest BCUT2D eigenvalue weighted by Crippen LogP contribution is -2.60. The van der Waals surface area contributed by atoms with E-state index in [1.165, 1.54) is 0 Å². The fourth-order valence-corrected chi connectivity index (χ4v) is 5.04. The zero-order valence-corrected chi connectivity index (χ0v) is 14.0. The Hall–Kier alpha value is -2.56. The molecule has 0 aromatic heterocycles. The van der Waals surface area contributed by atoms with E-state index in [4.69, 9.17) is 9.47 Å². The third-order valence-electron chi connectivity index (χ3n) is 6.11. The molecule has 5 nitrogen and oxygen atoms in total. The molecule has 2 heterocycles. The Morgan fingerprint density at radius 1 is 1.04 bits per heavy atom. The number of esters is 1. The maximum atomic E-state index is 12.9. The Balaban J connectivity index is 1.77.